The lowest BCUT2D eigenvalue weighted by atomic mass is 10.2. The van der Waals surface area contributed by atoms with Crippen molar-refractivity contribution < 1.29 is 18.0 Å². The molecule has 1 aromatic rings. The minimum atomic E-state index is -4.38. The molecule has 0 aliphatic heterocycles. The summed E-state index contributed by atoms with van der Waals surface area (Å²) in [6.45, 7) is 2.31. The number of alkyl halides is 3. The van der Waals surface area contributed by atoms with Crippen LogP contribution >= 0.6 is 0 Å². The molecule has 7 heteroatoms. The van der Waals surface area contributed by atoms with Gasteiger partial charge in [-0.05, 0) is 30.7 Å². The standard InChI is InChI=1S/C13H18F3N3O/c1-2-3-10(17)8-18-12(20)19-11-6-4-9(5-7-11)13(14,15)16/h4-7,10H,2-3,8,17H2,1H3,(H2,18,19,20). The molecule has 0 saturated carbocycles. The summed E-state index contributed by atoms with van der Waals surface area (Å²) in [5.74, 6) is 0. The van der Waals surface area contributed by atoms with Crippen molar-refractivity contribution in [2.75, 3.05) is 11.9 Å². The highest BCUT2D eigenvalue weighted by Crippen LogP contribution is 2.29. The molecule has 0 saturated heterocycles. The van der Waals surface area contributed by atoms with Gasteiger partial charge in [0.05, 0.1) is 5.56 Å². The second-order valence-corrected chi connectivity index (χ2v) is 4.46. The monoisotopic (exact) mass is 289 g/mol. The highest BCUT2D eigenvalue weighted by molar-refractivity contribution is 5.89. The number of hydrogen-bond donors (Lipinski definition) is 3. The molecule has 1 rings (SSSR count). The van der Waals surface area contributed by atoms with Crippen molar-refractivity contribution in [2.45, 2.75) is 32.0 Å². The zero-order valence-corrected chi connectivity index (χ0v) is 11.1. The Morgan fingerprint density at radius 2 is 1.90 bits per heavy atom. The minimum absolute atomic E-state index is 0.127. The molecule has 0 fully saturated rings. The molecule has 2 amide bonds. The van der Waals surface area contributed by atoms with E-state index in [0.717, 1.165) is 25.0 Å². The lowest BCUT2D eigenvalue weighted by Gasteiger charge is -2.13. The lowest BCUT2D eigenvalue weighted by molar-refractivity contribution is -0.137. The second-order valence-electron chi connectivity index (χ2n) is 4.46. The van der Waals surface area contributed by atoms with E-state index in [1.807, 2.05) is 6.92 Å². The number of anilines is 1. The maximum atomic E-state index is 12.4. The summed E-state index contributed by atoms with van der Waals surface area (Å²) in [7, 11) is 0. The molecule has 0 aliphatic rings. The van der Waals surface area contributed by atoms with Crippen LogP contribution in [-0.4, -0.2) is 18.6 Å². The van der Waals surface area contributed by atoms with Crippen molar-refractivity contribution in [2.24, 2.45) is 5.73 Å². The summed E-state index contributed by atoms with van der Waals surface area (Å²) in [6.07, 6.45) is -2.67. The maximum absolute atomic E-state index is 12.4. The molecule has 1 unspecified atom stereocenters. The number of rotatable bonds is 5. The molecule has 0 radical (unpaired) electrons. The molecule has 0 spiro atoms. The largest absolute Gasteiger partial charge is 0.416 e. The number of urea groups is 1. The second kappa shape index (κ2) is 7.14. The molecule has 0 bridgehead atoms. The molecule has 0 aliphatic carbocycles. The molecule has 4 nitrogen and oxygen atoms in total. The van der Waals surface area contributed by atoms with Crippen LogP contribution in [0.2, 0.25) is 0 Å². The van der Waals surface area contributed by atoms with Gasteiger partial charge in [0.25, 0.3) is 0 Å². The number of halogens is 3. The first-order valence-corrected chi connectivity index (χ1v) is 6.30. The fraction of sp³-hybridized carbons (Fsp3) is 0.462. The number of nitrogens with one attached hydrogen (secondary N) is 2. The fourth-order valence-electron chi connectivity index (χ4n) is 1.61. The molecule has 0 heterocycles. The molecule has 1 aromatic carbocycles. The van der Waals surface area contributed by atoms with Crippen LogP contribution in [-0.2, 0) is 6.18 Å². The van der Waals surface area contributed by atoms with Crippen LogP contribution in [0.5, 0.6) is 0 Å². The third-order valence-electron chi connectivity index (χ3n) is 2.65. The average Bonchev–Trinajstić information content (AvgIpc) is 2.36. The zero-order valence-electron chi connectivity index (χ0n) is 11.1. The van der Waals surface area contributed by atoms with E-state index in [1.54, 1.807) is 0 Å². The van der Waals surface area contributed by atoms with Crippen LogP contribution in [0, 0.1) is 0 Å². The van der Waals surface area contributed by atoms with E-state index >= 15 is 0 Å². The Labute approximate surface area is 115 Å². The molecular formula is C13H18F3N3O. The first-order chi connectivity index (χ1) is 9.32. The van der Waals surface area contributed by atoms with Crippen molar-refractivity contribution in [1.82, 2.24) is 5.32 Å². The first kappa shape index (κ1) is 16.3. The summed E-state index contributed by atoms with van der Waals surface area (Å²) < 4.78 is 37.1. The topological polar surface area (TPSA) is 67.1 Å². The van der Waals surface area contributed by atoms with Gasteiger partial charge in [-0.3, -0.25) is 0 Å². The number of amides is 2. The fourth-order valence-corrected chi connectivity index (χ4v) is 1.61. The maximum Gasteiger partial charge on any atom is 0.416 e. The van der Waals surface area contributed by atoms with Gasteiger partial charge >= 0.3 is 12.2 Å². The average molecular weight is 289 g/mol. The number of nitrogens with two attached hydrogens (primary N) is 1. The number of carbonyl (C=O) groups is 1. The molecule has 0 aromatic heterocycles. The van der Waals surface area contributed by atoms with Gasteiger partial charge in [0, 0.05) is 18.3 Å². The van der Waals surface area contributed by atoms with E-state index in [4.69, 9.17) is 5.73 Å². The lowest BCUT2D eigenvalue weighted by Crippen LogP contribution is -2.39. The van der Waals surface area contributed by atoms with Crippen molar-refractivity contribution >= 4 is 11.7 Å². The van der Waals surface area contributed by atoms with E-state index in [0.29, 0.717) is 12.2 Å². The summed E-state index contributed by atoms with van der Waals surface area (Å²) >= 11 is 0. The van der Waals surface area contributed by atoms with Crippen molar-refractivity contribution in [3.8, 4) is 0 Å². The van der Waals surface area contributed by atoms with Crippen molar-refractivity contribution in [1.29, 1.82) is 0 Å². The van der Waals surface area contributed by atoms with Crippen LogP contribution < -0.4 is 16.4 Å². The van der Waals surface area contributed by atoms with E-state index < -0.39 is 17.8 Å². The minimum Gasteiger partial charge on any atom is -0.336 e. The van der Waals surface area contributed by atoms with Crippen LogP contribution in [0.4, 0.5) is 23.7 Å². The van der Waals surface area contributed by atoms with Crippen LogP contribution in [0.1, 0.15) is 25.3 Å². The Kier molecular flexibility index (Phi) is 5.82. The smallest absolute Gasteiger partial charge is 0.336 e. The van der Waals surface area contributed by atoms with Crippen molar-refractivity contribution in [3.05, 3.63) is 29.8 Å². The Morgan fingerprint density at radius 1 is 1.30 bits per heavy atom. The summed E-state index contributed by atoms with van der Waals surface area (Å²) in [5, 5.41) is 5.01. The third kappa shape index (κ3) is 5.48. The predicted molar refractivity (Wildman–Crippen MR) is 71.3 cm³/mol. The van der Waals surface area contributed by atoms with E-state index in [2.05, 4.69) is 10.6 Å². The van der Waals surface area contributed by atoms with E-state index in [9.17, 15) is 18.0 Å². The van der Waals surface area contributed by atoms with Gasteiger partial charge in [-0.25, -0.2) is 4.79 Å². The highest BCUT2D eigenvalue weighted by atomic mass is 19.4. The van der Waals surface area contributed by atoms with Gasteiger partial charge in [-0.1, -0.05) is 13.3 Å². The zero-order chi connectivity index (χ0) is 15.2. The molecular weight excluding hydrogens is 271 g/mol. The van der Waals surface area contributed by atoms with Gasteiger partial charge in [0.1, 0.15) is 0 Å². The Morgan fingerprint density at radius 3 is 2.40 bits per heavy atom. The Balaban J connectivity index is 2.46. The highest BCUT2D eigenvalue weighted by Gasteiger charge is 2.29. The van der Waals surface area contributed by atoms with Gasteiger partial charge in [0.15, 0.2) is 0 Å². The normalized spacial score (nSPS) is 12.8. The van der Waals surface area contributed by atoms with Gasteiger partial charge in [-0.15, -0.1) is 0 Å². The molecule has 20 heavy (non-hydrogen) atoms. The van der Waals surface area contributed by atoms with Gasteiger partial charge in [0.2, 0.25) is 0 Å². The molecule has 1 atom stereocenters. The Hall–Kier alpha value is -1.76. The molecule has 4 N–H and O–H groups in total. The number of hydrogen-bond acceptors (Lipinski definition) is 2. The molecule has 112 valence electrons. The van der Waals surface area contributed by atoms with Crippen LogP contribution in [0.15, 0.2) is 24.3 Å². The number of carbonyl (C=O) groups excluding carboxylic acids is 1. The number of benzene rings is 1. The first-order valence-electron chi connectivity index (χ1n) is 6.30. The summed E-state index contributed by atoms with van der Waals surface area (Å²) in [5.41, 5.74) is 5.26. The SMILES string of the molecule is CCCC(N)CNC(=O)Nc1ccc(C(F)(F)F)cc1. The summed E-state index contributed by atoms with van der Waals surface area (Å²) in [4.78, 5) is 11.5. The van der Waals surface area contributed by atoms with E-state index in [-0.39, 0.29) is 6.04 Å². The van der Waals surface area contributed by atoms with Crippen molar-refractivity contribution in [3.63, 3.8) is 0 Å². The quantitative estimate of drug-likeness (QED) is 0.780. The van der Waals surface area contributed by atoms with Gasteiger partial charge in [-0.2, -0.15) is 13.2 Å². The predicted octanol–water partition coefficient (Wildman–Crippen LogP) is 2.95. The third-order valence-corrected chi connectivity index (χ3v) is 2.65. The van der Waals surface area contributed by atoms with Crippen LogP contribution in [0.3, 0.4) is 0 Å². The van der Waals surface area contributed by atoms with Gasteiger partial charge < -0.3 is 16.4 Å². The Bertz CT molecular complexity index is 431. The summed E-state index contributed by atoms with van der Waals surface area (Å²) in [6, 6.07) is 3.62. The van der Waals surface area contributed by atoms with E-state index in [1.165, 1.54) is 12.1 Å². The van der Waals surface area contributed by atoms with Crippen LogP contribution in [0.25, 0.3) is 0 Å².